The number of hydrogen-bond donors (Lipinski definition) is 3. The molecule has 1 aromatic heterocycles. The molecule has 0 saturated carbocycles. The minimum absolute atomic E-state index is 0.0363. The predicted octanol–water partition coefficient (Wildman–Crippen LogP) is 2.27. The van der Waals surface area contributed by atoms with E-state index in [1.807, 2.05) is 0 Å². The molecule has 7 nitrogen and oxygen atoms in total. The monoisotopic (exact) mass is 366 g/mol. The molecular formula is C20H22N4O3. The van der Waals surface area contributed by atoms with Crippen LogP contribution < -0.4 is 10.6 Å². The minimum Gasteiger partial charge on any atom is -0.480 e. The normalized spacial score (nSPS) is 15.7. The number of carbonyl (C=O) groups excluding carboxylic acids is 1. The molecule has 140 valence electrons. The van der Waals surface area contributed by atoms with Crippen molar-refractivity contribution in [2.45, 2.75) is 51.0 Å². The Kier molecular flexibility index (Phi) is 4.75. The number of anilines is 1. The molecule has 3 N–H and O–H groups in total. The number of aliphatic carboxylic acids is 1. The third kappa shape index (κ3) is 3.63. The molecule has 0 fully saturated rings. The van der Waals surface area contributed by atoms with Gasteiger partial charge in [0.2, 0.25) is 0 Å². The zero-order valence-electron chi connectivity index (χ0n) is 15.0. The van der Waals surface area contributed by atoms with E-state index in [1.54, 1.807) is 18.5 Å². The van der Waals surface area contributed by atoms with Gasteiger partial charge < -0.3 is 15.7 Å². The van der Waals surface area contributed by atoms with Crippen LogP contribution >= 0.6 is 0 Å². The molecule has 0 bridgehead atoms. The van der Waals surface area contributed by atoms with Gasteiger partial charge in [-0.1, -0.05) is 6.07 Å². The average Bonchev–Trinajstić information content (AvgIpc) is 3.31. The van der Waals surface area contributed by atoms with Crippen LogP contribution in [0, 0.1) is 0 Å². The fourth-order valence-electron chi connectivity index (χ4n) is 4.09. The van der Waals surface area contributed by atoms with Crippen LogP contribution in [0.2, 0.25) is 0 Å². The molecule has 2 aliphatic rings. The summed E-state index contributed by atoms with van der Waals surface area (Å²) >= 11 is 0. The maximum atomic E-state index is 12.6. The Labute approximate surface area is 157 Å². The van der Waals surface area contributed by atoms with Crippen molar-refractivity contribution in [1.29, 1.82) is 0 Å². The van der Waals surface area contributed by atoms with Crippen molar-refractivity contribution in [1.82, 2.24) is 15.3 Å². The van der Waals surface area contributed by atoms with Crippen molar-refractivity contribution in [2.75, 3.05) is 5.32 Å². The molecule has 2 aromatic rings. The van der Waals surface area contributed by atoms with Crippen LogP contribution in [0.25, 0.3) is 0 Å². The van der Waals surface area contributed by atoms with Gasteiger partial charge in [-0.15, -0.1) is 0 Å². The van der Waals surface area contributed by atoms with Crippen molar-refractivity contribution in [3.8, 4) is 0 Å². The van der Waals surface area contributed by atoms with E-state index in [4.69, 9.17) is 0 Å². The van der Waals surface area contributed by atoms with Crippen LogP contribution in [0.5, 0.6) is 0 Å². The van der Waals surface area contributed by atoms with Gasteiger partial charge in [0, 0.05) is 24.5 Å². The number of aromatic nitrogens is 2. The van der Waals surface area contributed by atoms with E-state index in [0.29, 0.717) is 5.82 Å². The molecular weight excluding hydrogens is 344 g/mol. The van der Waals surface area contributed by atoms with E-state index in [-0.39, 0.29) is 6.42 Å². The number of carboxylic acids is 1. The first-order chi connectivity index (χ1) is 13.1. The van der Waals surface area contributed by atoms with Crippen molar-refractivity contribution < 1.29 is 14.7 Å². The van der Waals surface area contributed by atoms with E-state index in [2.05, 4.69) is 26.7 Å². The molecule has 2 amide bonds. The lowest BCUT2D eigenvalue weighted by Gasteiger charge is -2.18. The van der Waals surface area contributed by atoms with Gasteiger partial charge in [0.05, 0.1) is 0 Å². The fraction of sp³-hybridized carbons (Fsp3) is 0.400. The van der Waals surface area contributed by atoms with Gasteiger partial charge in [-0.3, -0.25) is 0 Å². The highest BCUT2D eigenvalue weighted by Crippen LogP contribution is 2.38. The Morgan fingerprint density at radius 2 is 1.67 bits per heavy atom. The van der Waals surface area contributed by atoms with Gasteiger partial charge >= 0.3 is 12.0 Å². The number of urea groups is 1. The lowest BCUT2D eigenvalue weighted by atomic mass is 9.99. The molecule has 7 heteroatoms. The molecule has 27 heavy (non-hydrogen) atoms. The van der Waals surface area contributed by atoms with E-state index in [1.165, 1.54) is 22.3 Å². The van der Waals surface area contributed by atoms with Crippen LogP contribution in [0.1, 0.15) is 40.9 Å². The van der Waals surface area contributed by atoms with Crippen molar-refractivity contribution >= 4 is 17.7 Å². The fourth-order valence-corrected chi connectivity index (χ4v) is 4.09. The van der Waals surface area contributed by atoms with Crippen molar-refractivity contribution in [3.63, 3.8) is 0 Å². The second kappa shape index (κ2) is 7.34. The number of amides is 2. The van der Waals surface area contributed by atoms with Crippen LogP contribution in [-0.4, -0.2) is 33.1 Å². The number of hydrogen-bond acceptors (Lipinski definition) is 4. The van der Waals surface area contributed by atoms with Gasteiger partial charge in [0.25, 0.3) is 0 Å². The standard InChI is InChI=1S/C20H22N4O3/c25-19(26)16(11-17-21-8-3-9-22-17)23-20(27)24-18-14-6-1-4-12(14)10-13-5-2-7-15(13)18/h3,8-10,16H,1-2,4-7,11H2,(H,25,26)(H2,23,24,27). The number of carbonyl (C=O) groups is 2. The van der Waals surface area contributed by atoms with Gasteiger partial charge in [-0.2, -0.15) is 0 Å². The first-order valence-electron chi connectivity index (χ1n) is 9.34. The third-order valence-electron chi connectivity index (χ3n) is 5.32. The molecule has 0 spiro atoms. The molecule has 1 atom stereocenters. The van der Waals surface area contributed by atoms with Crippen LogP contribution in [0.15, 0.2) is 24.5 Å². The summed E-state index contributed by atoms with van der Waals surface area (Å²) in [5, 5.41) is 15.0. The summed E-state index contributed by atoms with van der Waals surface area (Å²) in [6.45, 7) is 0. The summed E-state index contributed by atoms with van der Waals surface area (Å²) in [5.74, 6) is -0.729. The highest BCUT2D eigenvalue weighted by atomic mass is 16.4. The van der Waals surface area contributed by atoms with Crippen LogP contribution in [-0.2, 0) is 36.9 Å². The molecule has 1 unspecified atom stereocenters. The molecule has 2 aliphatic carbocycles. The van der Waals surface area contributed by atoms with E-state index < -0.39 is 18.0 Å². The Bertz CT molecular complexity index is 850. The Balaban J connectivity index is 1.52. The summed E-state index contributed by atoms with van der Waals surface area (Å²) < 4.78 is 0. The molecule has 0 saturated heterocycles. The highest BCUT2D eigenvalue weighted by molar-refractivity contribution is 5.94. The SMILES string of the molecule is O=C(Nc1c2c(cc3c1CCC3)CCC2)NC(Cc1ncccn1)C(=O)O. The maximum absolute atomic E-state index is 12.6. The molecule has 4 rings (SSSR count). The Hall–Kier alpha value is -2.96. The number of nitrogens with one attached hydrogen (secondary N) is 2. The number of nitrogens with zero attached hydrogens (tertiary/aromatic N) is 2. The Morgan fingerprint density at radius 3 is 2.26 bits per heavy atom. The quantitative estimate of drug-likeness (QED) is 0.753. The zero-order valence-corrected chi connectivity index (χ0v) is 15.0. The second-order valence-electron chi connectivity index (χ2n) is 7.09. The lowest BCUT2D eigenvalue weighted by Crippen LogP contribution is -2.44. The predicted molar refractivity (Wildman–Crippen MR) is 99.8 cm³/mol. The summed E-state index contributed by atoms with van der Waals surface area (Å²) in [7, 11) is 0. The number of rotatable bonds is 5. The van der Waals surface area contributed by atoms with Crippen molar-refractivity contribution in [2.24, 2.45) is 0 Å². The van der Waals surface area contributed by atoms with Crippen LogP contribution in [0.3, 0.4) is 0 Å². The average molecular weight is 366 g/mol. The molecule has 1 aromatic carbocycles. The van der Waals surface area contributed by atoms with Gasteiger partial charge in [0.15, 0.2) is 0 Å². The number of carboxylic acid groups (broad SMARTS) is 1. The number of aryl methyl sites for hydroxylation is 2. The summed E-state index contributed by atoms with van der Waals surface area (Å²) in [4.78, 5) is 32.2. The third-order valence-corrected chi connectivity index (χ3v) is 5.32. The molecule has 0 aliphatic heterocycles. The first-order valence-corrected chi connectivity index (χ1v) is 9.34. The van der Waals surface area contributed by atoms with E-state index >= 15 is 0 Å². The number of fused-ring (bicyclic) bond motifs is 2. The Morgan fingerprint density at radius 1 is 1.04 bits per heavy atom. The smallest absolute Gasteiger partial charge is 0.326 e. The molecule has 0 radical (unpaired) electrons. The first kappa shape index (κ1) is 17.5. The summed E-state index contributed by atoms with van der Waals surface area (Å²) in [6.07, 6.45) is 9.33. The van der Waals surface area contributed by atoms with Crippen LogP contribution in [0.4, 0.5) is 10.5 Å². The van der Waals surface area contributed by atoms with Gasteiger partial charge in [0.1, 0.15) is 11.9 Å². The second-order valence-corrected chi connectivity index (χ2v) is 7.09. The summed E-state index contributed by atoms with van der Waals surface area (Å²) in [5.41, 5.74) is 5.96. The van der Waals surface area contributed by atoms with Crippen molar-refractivity contribution in [3.05, 3.63) is 52.6 Å². The topological polar surface area (TPSA) is 104 Å². The van der Waals surface area contributed by atoms with E-state index in [0.717, 1.165) is 44.2 Å². The largest absolute Gasteiger partial charge is 0.480 e. The van der Waals surface area contributed by atoms with Gasteiger partial charge in [-0.05, 0) is 66.8 Å². The number of benzene rings is 1. The molecule has 1 heterocycles. The zero-order chi connectivity index (χ0) is 18.8. The highest BCUT2D eigenvalue weighted by Gasteiger charge is 2.27. The minimum atomic E-state index is -1.11. The van der Waals surface area contributed by atoms with Gasteiger partial charge in [-0.25, -0.2) is 19.6 Å². The lowest BCUT2D eigenvalue weighted by molar-refractivity contribution is -0.139. The van der Waals surface area contributed by atoms with E-state index in [9.17, 15) is 14.7 Å². The summed E-state index contributed by atoms with van der Waals surface area (Å²) in [6, 6.07) is 2.38. The maximum Gasteiger partial charge on any atom is 0.326 e.